The molecule has 1 aromatic carbocycles. The van der Waals surface area contributed by atoms with Gasteiger partial charge in [-0.15, -0.1) is 0 Å². The van der Waals surface area contributed by atoms with Crippen molar-refractivity contribution >= 4 is 16.9 Å². The molecule has 0 saturated heterocycles. The maximum Gasteiger partial charge on any atom is 0.312 e. The van der Waals surface area contributed by atoms with E-state index in [2.05, 4.69) is 9.97 Å². The van der Waals surface area contributed by atoms with Crippen molar-refractivity contribution in [2.24, 2.45) is 0 Å². The van der Waals surface area contributed by atoms with Gasteiger partial charge in [0.25, 0.3) is 11.1 Å². The van der Waals surface area contributed by atoms with Gasteiger partial charge in [0.1, 0.15) is 5.75 Å². The zero-order chi connectivity index (χ0) is 16.8. The van der Waals surface area contributed by atoms with Crippen LogP contribution in [0.25, 0.3) is 10.9 Å². The van der Waals surface area contributed by atoms with E-state index in [0.29, 0.717) is 22.3 Å². The van der Waals surface area contributed by atoms with Gasteiger partial charge in [0, 0.05) is 28.8 Å². The van der Waals surface area contributed by atoms with Gasteiger partial charge in [0.05, 0.1) is 12.0 Å². The summed E-state index contributed by atoms with van der Waals surface area (Å²) in [5.74, 6) is -0.853. The Bertz CT molecular complexity index is 1090. The molecule has 1 aliphatic rings. The van der Waals surface area contributed by atoms with Crippen molar-refractivity contribution in [1.82, 2.24) is 9.97 Å². The summed E-state index contributed by atoms with van der Waals surface area (Å²) in [5, 5.41) is 0.844. The Balaban J connectivity index is 1.98. The molecule has 0 fully saturated rings. The van der Waals surface area contributed by atoms with E-state index in [-0.39, 0.29) is 23.3 Å². The highest BCUT2D eigenvalue weighted by Crippen LogP contribution is 2.35. The smallest absolute Gasteiger partial charge is 0.312 e. The topological polar surface area (TPSA) is 92.0 Å². The number of H-pyrrole nitrogens is 2. The number of hydrogen-bond acceptors (Lipinski definition) is 4. The van der Waals surface area contributed by atoms with Gasteiger partial charge in [-0.25, -0.2) is 0 Å². The molecule has 3 heterocycles. The first kappa shape index (κ1) is 14.4. The lowest BCUT2D eigenvalue weighted by Gasteiger charge is -2.23. The SMILES string of the molecule is Cc1cc2c(c(=O)[nH]1)[C@@H](c1cc3ccccc3[nH]c1=O)CC(=O)O2. The minimum Gasteiger partial charge on any atom is -0.426 e. The predicted molar refractivity (Wildman–Crippen MR) is 88.5 cm³/mol. The van der Waals surface area contributed by atoms with Crippen LogP contribution in [0.15, 0.2) is 46.0 Å². The van der Waals surface area contributed by atoms with Crippen LogP contribution in [-0.4, -0.2) is 15.9 Å². The molecule has 24 heavy (non-hydrogen) atoms. The first-order chi connectivity index (χ1) is 11.5. The second-order valence-corrected chi connectivity index (χ2v) is 5.93. The Kier molecular flexibility index (Phi) is 3.13. The van der Waals surface area contributed by atoms with Crippen LogP contribution in [0.2, 0.25) is 0 Å². The Morgan fingerprint density at radius 2 is 1.83 bits per heavy atom. The number of aromatic nitrogens is 2. The van der Waals surface area contributed by atoms with Gasteiger partial charge < -0.3 is 14.7 Å². The molecule has 0 saturated carbocycles. The number of nitrogens with one attached hydrogen (secondary N) is 2. The molecular formula is C18H14N2O4. The molecule has 6 heteroatoms. The van der Waals surface area contributed by atoms with Crippen molar-refractivity contribution in [3.05, 3.63) is 73.9 Å². The molecule has 0 spiro atoms. The normalized spacial score (nSPS) is 16.7. The summed E-state index contributed by atoms with van der Waals surface area (Å²) in [6.07, 6.45) is -0.0411. The van der Waals surface area contributed by atoms with E-state index in [1.54, 1.807) is 25.1 Å². The van der Waals surface area contributed by atoms with E-state index >= 15 is 0 Å². The number of esters is 1. The van der Waals surface area contributed by atoms with Gasteiger partial charge in [-0.2, -0.15) is 0 Å². The largest absolute Gasteiger partial charge is 0.426 e. The average molecular weight is 322 g/mol. The molecule has 1 atom stereocenters. The van der Waals surface area contributed by atoms with Crippen molar-refractivity contribution in [3.8, 4) is 5.75 Å². The summed E-state index contributed by atoms with van der Waals surface area (Å²) in [6.45, 7) is 1.71. The Morgan fingerprint density at radius 3 is 2.67 bits per heavy atom. The van der Waals surface area contributed by atoms with E-state index in [4.69, 9.17) is 4.74 Å². The van der Waals surface area contributed by atoms with Gasteiger partial charge in [-0.1, -0.05) is 18.2 Å². The number of aryl methyl sites for hydroxylation is 1. The van der Waals surface area contributed by atoms with Crippen molar-refractivity contribution in [3.63, 3.8) is 0 Å². The van der Waals surface area contributed by atoms with Crippen molar-refractivity contribution in [2.45, 2.75) is 19.3 Å². The second kappa shape index (κ2) is 5.19. The van der Waals surface area contributed by atoms with E-state index in [1.165, 1.54) is 0 Å². The maximum atomic E-state index is 12.5. The lowest BCUT2D eigenvalue weighted by atomic mass is 9.87. The van der Waals surface area contributed by atoms with E-state index in [9.17, 15) is 14.4 Å². The summed E-state index contributed by atoms with van der Waals surface area (Å²) in [7, 11) is 0. The lowest BCUT2D eigenvalue weighted by molar-refractivity contribution is -0.135. The van der Waals surface area contributed by atoms with Crippen LogP contribution in [0.3, 0.4) is 0 Å². The number of rotatable bonds is 1. The van der Waals surface area contributed by atoms with Crippen molar-refractivity contribution in [2.75, 3.05) is 0 Å². The highest BCUT2D eigenvalue weighted by atomic mass is 16.5. The van der Waals surface area contributed by atoms with Crippen LogP contribution < -0.4 is 15.9 Å². The average Bonchev–Trinajstić information content (AvgIpc) is 2.52. The molecule has 4 rings (SSSR count). The van der Waals surface area contributed by atoms with E-state index in [0.717, 1.165) is 5.39 Å². The lowest BCUT2D eigenvalue weighted by Crippen LogP contribution is -2.31. The number of aromatic amines is 2. The van der Waals surface area contributed by atoms with Crippen LogP contribution in [0, 0.1) is 6.92 Å². The summed E-state index contributed by atoms with van der Waals surface area (Å²) < 4.78 is 5.20. The summed E-state index contributed by atoms with van der Waals surface area (Å²) in [6, 6.07) is 10.7. The molecule has 0 amide bonds. The van der Waals surface area contributed by atoms with Crippen LogP contribution in [0.1, 0.15) is 29.2 Å². The zero-order valence-electron chi connectivity index (χ0n) is 12.9. The first-order valence-corrected chi connectivity index (χ1v) is 7.59. The fourth-order valence-electron chi connectivity index (χ4n) is 3.20. The molecule has 0 unspecified atom stereocenters. The van der Waals surface area contributed by atoms with Crippen molar-refractivity contribution in [1.29, 1.82) is 0 Å². The summed E-state index contributed by atoms with van der Waals surface area (Å²) in [5.41, 5.74) is 1.37. The molecule has 2 aromatic heterocycles. The van der Waals surface area contributed by atoms with Crippen LogP contribution in [0.4, 0.5) is 0 Å². The molecule has 0 radical (unpaired) electrons. The monoisotopic (exact) mass is 322 g/mol. The second-order valence-electron chi connectivity index (χ2n) is 5.93. The van der Waals surface area contributed by atoms with Gasteiger partial charge >= 0.3 is 5.97 Å². The standard InChI is InChI=1S/C18H14N2O4/c1-9-6-14-16(18(23)19-9)11(8-15(21)24-14)12-7-10-4-2-3-5-13(10)20-17(12)22/h2-7,11H,8H2,1H3,(H,19,23)(H,20,22)/t11-/m1/s1. The third kappa shape index (κ3) is 2.23. The molecule has 1 aliphatic heterocycles. The number of fused-ring (bicyclic) bond motifs is 2. The van der Waals surface area contributed by atoms with E-state index in [1.807, 2.05) is 18.2 Å². The summed E-state index contributed by atoms with van der Waals surface area (Å²) >= 11 is 0. The van der Waals surface area contributed by atoms with Gasteiger partial charge in [-0.05, 0) is 24.4 Å². The highest BCUT2D eigenvalue weighted by Gasteiger charge is 2.33. The quantitative estimate of drug-likeness (QED) is 0.670. The number of ether oxygens (including phenoxy) is 1. The number of carbonyl (C=O) groups excluding carboxylic acids is 1. The third-order valence-electron chi connectivity index (χ3n) is 4.27. The molecule has 0 bridgehead atoms. The Labute approximate surface area is 136 Å². The van der Waals surface area contributed by atoms with Gasteiger partial charge in [-0.3, -0.25) is 14.4 Å². The molecule has 3 aromatic rings. The minimum absolute atomic E-state index is 0.0411. The number of pyridine rings is 2. The van der Waals surface area contributed by atoms with Gasteiger partial charge in [0.2, 0.25) is 0 Å². The minimum atomic E-state index is -0.626. The molecule has 6 nitrogen and oxygen atoms in total. The fourth-order valence-corrected chi connectivity index (χ4v) is 3.20. The predicted octanol–water partition coefficient (Wildman–Crippen LogP) is 1.97. The van der Waals surface area contributed by atoms with Gasteiger partial charge in [0.15, 0.2) is 0 Å². The zero-order valence-corrected chi connectivity index (χ0v) is 12.9. The maximum absolute atomic E-state index is 12.5. The molecule has 120 valence electrons. The van der Waals surface area contributed by atoms with Crippen molar-refractivity contribution < 1.29 is 9.53 Å². The van der Waals surface area contributed by atoms with Crippen LogP contribution in [-0.2, 0) is 4.79 Å². The highest BCUT2D eigenvalue weighted by molar-refractivity contribution is 5.81. The molecular weight excluding hydrogens is 308 g/mol. The number of hydrogen-bond donors (Lipinski definition) is 2. The molecule has 0 aliphatic carbocycles. The number of para-hydroxylation sites is 1. The Hall–Kier alpha value is -3.15. The Morgan fingerprint density at radius 1 is 1.04 bits per heavy atom. The molecule has 2 N–H and O–H groups in total. The fraction of sp³-hybridized carbons (Fsp3) is 0.167. The van der Waals surface area contributed by atoms with Crippen LogP contribution >= 0.6 is 0 Å². The van der Waals surface area contributed by atoms with Crippen LogP contribution in [0.5, 0.6) is 5.75 Å². The number of carbonyl (C=O) groups is 1. The first-order valence-electron chi connectivity index (χ1n) is 7.59. The summed E-state index contributed by atoms with van der Waals surface area (Å²) in [4.78, 5) is 42.4. The van der Waals surface area contributed by atoms with E-state index < -0.39 is 11.9 Å². The third-order valence-corrected chi connectivity index (χ3v) is 4.27. The number of benzene rings is 1.